The lowest BCUT2D eigenvalue weighted by Gasteiger charge is -2.47. The summed E-state index contributed by atoms with van der Waals surface area (Å²) in [7, 11) is 4.19. The molecule has 0 amide bonds. The van der Waals surface area contributed by atoms with E-state index in [9.17, 15) is 4.39 Å². The zero-order valence-electron chi connectivity index (χ0n) is 28.1. The van der Waals surface area contributed by atoms with Crippen LogP contribution in [0.15, 0.2) is 72.9 Å². The van der Waals surface area contributed by atoms with E-state index in [1.807, 2.05) is 66.7 Å². The number of likely N-dealkylation sites (N-methyl/N-ethyl adjacent to an activating group) is 1. The summed E-state index contributed by atoms with van der Waals surface area (Å²) in [5.74, 6) is 0.534. The molecule has 0 radical (unpaired) electrons. The summed E-state index contributed by atoms with van der Waals surface area (Å²) in [6.07, 6.45) is 6.34. The van der Waals surface area contributed by atoms with Crippen LogP contribution in [-0.2, 0) is 6.61 Å². The van der Waals surface area contributed by atoms with Gasteiger partial charge < -0.3 is 19.7 Å². The molecule has 8 rings (SSSR count). The van der Waals surface area contributed by atoms with Gasteiger partial charge >= 0.3 is 6.01 Å². The van der Waals surface area contributed by atoms with Gasteiger partial charge in [-0.25, -0.2) is 8.78 Å². The Morgan fingerprint density at radius 3 is 2.57 bits per heavy atom. The number of alkyl halides is 1. The van der Waals surface area contributed by atoms with E-state index in [2.05, 4.69) is 34.2 Å². The monoisotopic (exact) mass is 664 g/mol. The van der Waals surface area contributed by atoms with Gasteiger partial charge in [0.15, 0.2) is 5.82 Å². The molecule has 1 N–H and O–H groups in total. The molecule has 2 atom stereocenters. The number of nitrogens with one attached hydrogen (secondary N) is 1. The highest BCUT2D eigenvalue weighted by Gasteiger charge is 2.49. The summed E-state index contributed by atoms with van der Waals surface area (Å²) < 4.78 is 44.0. The fraction of sp³-hybridized carbons (Fsp3) is 0.410. The van der Waals surface area contributed by atoms with Gasteiger partial charge in [0.1, 0.15) is 42.2 Å². The Balaban J connectivity index is 1.19. The average molecular weight is 665 g/mol. The Hall–Kier alpha value is -4.41. The van der Waals surface area contributed by atoms with Crippen LogP contribution in [0.2, 0.25) is 0 Å². The van der Waals surface area contributed by atoms with Crippen LogP contribution in [0.1, 0.15) is 44.1 Å². The Morgan fingerprint density at radius 1 is 0.959 bits per heavy atom. The van der Waals surface area contributed by atoms with Gasteiger partial charge in [0, 0.05) is 36.8 Å². The minimum absolute atomic E-state index is 0.00733. The van der Waals surface area contributed by atoms with Gasteiger partial charge in [-0.3, -0.25) is 9.88 Å². The summed E-state index contributed by atoms with van der Waals surface area (Å²) in [5.41, 5.74) is 1.55. The van der Waals surface area contributed by atoms with E-state index in [1.54, 1.807) is 6.20 Å². The number of pyridine rings is 1. The van der Waals surface area contributed by atoms with Crippen molar-refractivity contribution in [3.8, 4) is 23.0 Å². The highest BCUT2D eigenvalue weighted by Crippen LogP contribution is 2.42. The molecule has 49 heavy (non-hydrogen) atoms. The Bertz CT molecular complexity index is 1990. The first-order chi connectivity index (χ1) is 23.8. The zero-order valence-corrected chi connectivity index (χ0v) is 28.1. The molecule has 0 spiro atoms. The first kappa shape index (κ1) is 31.8. The molecule has 0 bridgehead atoms. The second kappa shape index (κ2) is 12.8. The van der Waals surface area contributed by atoms with Crippen LogP contribution in [-0.4, -0.2) is 82.3 Å². The molecule has 5 aromatic rings. The van der Waals surface area contributed by atoms with Crippen molar-refractivity contribution >= 4 is 27.5 Å². The smallest absolute Gasteiger partial charge is 0.319 e. The van der Waals surface area contributed by atoms with Crippen LogP contribution < -0.4 is 14.8 Å². The predicted molar refractivity (Wildman–Crippen MR) is 188 cm³/mol. The highest BCUT2D eigenvalue weighted by molar-refractivity contribution is 5.99. The fourth-order valence-electron chi connectivity index (χ4n) is 7.99. The normalized spacial score (nSPS) is 21.6. The van der Waals surface area contributed by atoms with Gasteiger partial charge in [0.25, 0.3) is 0 Å². The lowest BCUT2D eigenvalue weighted by molar-refractivity contribution is 0.0738. The van der Waals surface area contributed by atoms with Crippen LogP contribution in [0, 0.1) is 5.82 Å². The maximum Gasteiger partial charge on any atom is 0.319 e. The molecule has 1 saturated carbocycles. The van der Waals surface area contributed by atoms with E-state index < -0.39 is 12.0 Å². The van der Waals surface area contributed by atoms with Crippen molar-refractivity contribution in [2.75, 3.05) is 45.7 Å². The third-order valence-corrected chi connectivity index (χ3v) is 11.1. The van der Waals surface area contributed by atoms with Crippen molar-refractivity contribution in [2.45, 2.75) is 62.4 Å². The Morgan fingerprint density at radius 2 is 1.78 bits per heavy atom. The van der Waals surface area contributed by atoms with Gasteiger partial charge in [-0.15, -0.1) is 0 Å². The number of rotatable bonds is 11. The van der Waals surface area contributed by atoms with Crippen LogP contribution in [0.3, 0.4) is 0 Å². The van der Waals surface area contributed by atoms with Crippen LogP contribution in [0.5, 0.6) is 11.8 Å². The van der Waals surface area contributed by atoms with Crippen molar-refractivity contribution < 1.29 is 18.3 Å². The SMILES string of the molecule is CN(C)C1(CNc2nc(OC[C@@]34CCCN3C[C@H](F)C4)nc3c(F)c(-c4cc(OCc5ccccc5)cc5ccccc45)ncc23)CCC1. The van der Waals surface area contributed by atoms with Gasteiger partial charge in [0.05, 0.1) is 10.9 Å². The minimum Gasteiger partial charge on any atom is -0.489 e. The molecule has 2 saturated heterocycles. The molecule has 3 aliphatic rings. The second-order valence-electron chi connectivity index (χ2n) is 14.2. The largest absolute Gasteiger partial charge is 0.489 e. The second-order valence-corrected chi connectivity index (χ2v) is 14.2. The molecule has 0 unspecified atom stereocenters. The zero-order chi connectivity index (χ0) is 33.6. The third kappa shape index (κ3) is 5.95. The number of anilines is 1. The molecule has 3 fully saturated rings. The molecule has 254 valence electrons. The topological polar surface area (TPSA) is 75.6 Å². The van der Waals surface area contributed by atoms with E-state index in [1.165, 1.54) is 0 Å². The number of benzene rings is 3. The lowest BCUT2D eigenvalue weighted by atomic mass is 9.75. The Kier molecular flexibility index (Phi) is 8.32. The maximum atomic E-state index is 17.0. The van der Waals surface area contributed by atoms with Crippen molar-refractivity contribution in [3.63, 3.8) is 0 Å². The molecule has 8 nitrogen and oxygen atoms in total. The summed E-state index contributed by atoms with van der Waals surface area (Å²) in [6.45, 7) is 2.55. The molecular formula is C39H42F2N6O2. The van der Waals surface area contributed by atoms with E-state index in [0.717, 1.165) is 55.0 Å². The van der Waals surface area contributed by atoms with Crippen molar-refractivity contribution in [1.82, 2.24) is 24.8 Å². The van der Waals surface area contributed by atoms with Gasteiger partial charge in [-0.05, 0) is 81.2 Å². The number of halogens is 2. The summed E-state index contributed by atoms with van der Waals surface area (Å²) in [6, 6.07) is 21.7. The maximum absolute atomic E-state index is 17.0. The third-order valence-electron chi connectivity index (χ3n) is 11.1. The van der Waals surface area contributed by atoms with E-state index in [-0.39, 0.29) is 34.9 Å². The van der Waals surface area contributed by atoms with E-state index in [4.69, 9.17) is 19.4 Å². The van der Waals surface area contributed by atoms with Gasteiger partial charge in [-0.2, -0.15) is 9.97 Å². The van der Waals surface area contributed by atoms with Gasteiger partial charge in [0.2, 0.25) is 0 Å². The molecule has 10 heteroatoms. The first-order valence-electron chi connectivity index (χ1n) is 17.3. The number of nitrogens with zero attached hydrogens (tertiary/aromatic N) is 5. The van der Waals surface area contributed by atoms with Gasteiger partial charge in [-0.1, -0.05) is 54.6 Å². The molecule has 4 heterocycles. The number of hydrogen-bond donors (Lipinski definition) is 1. The van der Waals surface area contributed by atoms with Crippen molar-refractivity contribution in [3.05, 3.63) is 84.3 Å². The first-order valence-corrected chi connectivity index (χ1v) is 17.3. The molecule has 2 aliphatic heterocycles. The lowest BCUT2D eigenvalue weighted by Crippen LogP contribution is -2.54. The van der Waals surface area contributed by atoms with E-state index >= 15 is 4.39 Å². The Labute approximate surface area is 285 Å². The predicted octanol–water partition coefficient (Wildman–Crippen LogP) is 7.41. The molecule has 3 aromatic carbocycles. The standard InChI is InChI=1S/C39H42F2N6O2/c1-46(2)38(14-8-15-38)24-43-36-32-21-42-34(31-19-29(18-27-12-6-7-13-30(27)31)48-23-26-10-4-3-5-11-26)33(41)35(32)44-37(45-36)49-25-39-16-9-17-47(39)22-28(40)20-39/h3-7,10-13,18-19,21,28H,8-9,14-17,20,22-25H2,1-2H3,(H,43,44,45)/t28-,39+/m1/s1. The fourth-order valence-corrected chi connectivity index (χ4v) is 7.99. The molecule has 1 aliphatic carbocycles. The summed E-state index contributed by atoms with van der Waals surface area (Å²) >= 11 is 0. The number of hydrogen-bond acceptors (Lipinski definition) is 8. The van der Waals surface area contributed by atoms with E-state index in [0.29, 0.717) is 48.6 Å². The summed E-state index contributed by atoms with van der Waals surface area (Å²) in [5, 5.41) is 5.76. The van der Waals surface area contributed by atoms with Crippen molar-refractivity contribution in [2.24, 2.45) is 0 Å². The highest BCUT2D eigenvalue weighted by atomic mass is 19.1. The van der Waals surface area contributed by atoms with Crippen LogP contribution >= 0.6 is 0 Å². The number of aromatic nitrogens is 3. The molecule has 2 aromatic heterocycles. The summed E-state index contributed by atoms with van der Waals surface area (Å²) in [4.78, 5) is 18.6. The minimum atomic E-state index is -0.878. The molecular weight excluding hydrogens is 622 g/mol. The number of ether oxygens (including phenoxy) is 2. The van der Waals surface area contributed by atoms with Crippen molar-refractivity contribution in [1.29, 1.82) is 0 Å². The quantitative estimate of drug-likeness (QED) is 0.157. The van der Waals surface area contributed by atoms with Crippen LogP contribution in [0.4, 0.5) is 14.6 Å². The average Bonchev–Trinajstić information content (AvgIpc) is 3.62. The number of fused-ring (bicyclic) bond motifs is 3. The van der Waals surface area contributed by atoms with Crippen LogP contribution in [0.25, 0.3) is 32.9 Å².